The van der Waals surface area contributed by atoms with E-state index in [2.05, 4.69) is 4.74 Å². The maximum absolute atomic E-state index is 11.8. The first kappa shape index (κ1) is 18.4. The topological polar surface area (TPSA) is 89.9 Å². The predicted octanol–water partition coefficient (Wildman–Crippen LogP) is 2.01. The lowest BCUT2D eigenvalue weighted by Gasteiger charge is -2.23. The van der Waals surface area contributed by atoms with E-state index in [1.54, 1.807) is 13.8 Å². The van der Waals surface area contributed by atoms with Gasteiger partial charge in [0.05, 0.1) is 18.6 Å². The lowest BCUT2D eigenvalue weighted by molar-refractivity contribution is -0.156. The van der Waals surface area contributed by atoms with Crippen LogP contribution in [0.2, 0.25) is 0 Å². The Kier molecular flexibility index (Phi) is 8.59. The highest BCUT2D eigenvalue weighted by molar-refractivity contribution is 5.75. The molecule has 0 amide bonds. The first-order valence-corrected chi connectivity index (χ1v) is 6.77. The minimum absolute atomic E-state index is 0.000473. The van der Waals surface area contributed by atoms with Crippen molar-refractivity contribution in [2.45, 2.75) is 46.5 Å². The summed E-state index contributed by atoms with van der Waals surface area (Å²) in [5.74, 6) is -1.31. The van der Waals surface area contributed by atoms with Gasteiger partial charge in [-0.05, 0) is 39.0 Å². The number of esters is 1. The highest BCUT2D eigenvalue weighted by Gasteiger charge is 2.27. The van der Waals surface area contributed by atoms with E-state index in [1.165, 1.54) is 0 Å². The highest BCUT2D eigenvalue weighted by atomic mass is 16.5. The normalized spacial score (nSPS) is 12.6. The summed E-state index contributed by atoms with van der Waals surface area (Å²) in [6, 6.07) is 0. The number of hydrogen-bond donors (Lipinski definition) is 1. The van der Waals surface area contributed by atoms with Gasteiger partial charge < -0.3 is 14.6 Å². The van der Waals surface area contributed by atoms with Crippen LogP contribution in [0.1, 0.15) is 46.5 Å². The van der Waals surface area contributed by atoms with Gasteiger partial charge in [-0.1, -0.05) is 6.92 Å². The molecule has 0 aromatic rings. The van der Waals surface area contributed by atoms with Crippen LogP contribution in [-0.2, 0) is 23.9 Å². The summed E-state index contributed by atoms with van der Waals surface area (Å²) in [7, 11) is 0. The summed E-state index contributed by atoms with van der Waals surface area (Å²) in [6.45, 7) is 6.20. The van der Waals surface area contributed by atoms with E-state index in [9.17, 15) is 14.4 Å². The number of carboxylic acid groups (broad SMARTS) is 1. The zero-order chi connectivity index (χ0) is 15.6. The Bertz CT molecular complexity index is 324. The second-order valence-corrected chi connectivity index (χ2v) is 5.39. The molecule has 0 aliphatic rings. The smallest absolute Gasteiger partial charge is 0.311 e. The molecule has 0 bridgehead atoms. The molecule has 20 heavy (non-hydrogen) atoms. The third-order valence-electron chi connectivity index (χ3n) is 3.37. The van der Waals surface area contributed by atoms with E-state index < -0.39 is 11.4 Å². The van der Waals surface area contributed by atoms with Crippen molar-refractivity contribution in [1.29, 1.82) is 0 Å². The summed E-state index contributed by atoms with van der Waals surface area (Å²) >= 11 is 0. The van der Waals surface area contributed by atoms with Crippen LogP contribution >= 0.6 is 0 Å². The maximum Gasteiger partial charge on any atom is 0.311 e. The molecule has 0 aliphatic heterocycles. The van der Waals surface area contributed by atoms with Crippen LogP contribution in [-0.4, -0.2) is 36.7 Å². The number of carboxylic acids is 1. The van der Waals surface area contributed by atoms with Gasteiger partial charge >= 0.3 is 11.9 Å². The molecule has 0 aromatic heterocycles. The molecule has 0 rings (SSSR count). The molecule has 1 unspecified atom stereocenters. The largest absolute Gasteiger partial charge is 0.481 e. The van der Waals surface area contributed by atoms with E-state index in [0.29, 0.717) is 25.7 Å². The predicted molar refractivity (Wildman–Crippen MR) is 72.0 cm³/mol. The van der Waals surface area contributed by atoms with Crippen LogP contribution in [0.5, 0.6) is 0 Å². The molecule has 0 saturated heterocycles. The third-order valence-corrected chi connectivity index (χ3v) is 3.37. The summed E-state index contributed by atoms with van der Waals surface area (Å²) in [5.41, 5.74) is -0.545. The van der Waals surface area contributed by atoms with Crippen LogP contribution in [0.15, 0.2) is 0 Å². The Hall–Kier alpha value is -1.59. The van der Waals surface area contributed by atoms with E-state index in [1.807, 2.05) is 6.92 Å². The van der Waals surface area contributed by atoms with Gasteiger partial charge in [0.15, 0.2) is 0 Å². The fraction of sp³-hybridized carbons (Fsp3) is 0.786. The van der Waals surface area contributed by atoms with Crippen molar-refractivity contribution in [3.8, 4) is 0 Å². The van der Waals surface area contributed by atoms with Gasteiger partial charge in [-0.3, -0.25) is 14.4 Å². The minimum atomic E-state index is -0.897. The molecule has 0 fully saturated rings. The first-order chi connectivity index (χ1) is 9.33. The standard InChI is InChI=1S/C14H24O6/c1-4-14(2,3)13(18)20-9-11(5-6-12(16)17)7-8-19-10-15/h10-11H,4-9H2,1-3H3,(H,16,17). The summed E-state index contributed by atoms with van der Waals surface area (Å²) in [4.78, 5) is 32.5. The Labute approximate surface area is 119 Å². The van der Waals surface area contributed by atoms with Gasteiger partial charge in [-0.25, -0.2) is 0 Å². The van der Waals surface area contributed by atoms with Crippen LogP contribution in [0.4, 0.5) is 0 Å². The number of rotatable bonds is 11. The summed E-state index contributed by atoms with van der Waals surface area (Å²) in [5, 5.41) is 8.68. The molecule has 1 atom stereocenters. The van der Waals surface area contributed by atoms with Crippen molar-refractivity contribution in [3.05, 3.63) is 0 Å². The zero-order valence-electron chi connectivity index (χ0n) is 12.4. The van der Waals surface area contributed by atoms with E-state index in [4.69, 9.17) is 9.84 Å². The molecule has 6 heteroatoms. The minimum Gasteiger partial charge on any atom is -0.481 e. The number of aliphatic carboxylic acids is 1. The van der Waals surface area contributed by atoms with Crippen LogP contribution in [0.25, 0.3) is 0 Å². The molecule has 0 saturated carbocycles. The van der Waals surface area contributed by atoms with Crippen LogP contribution in [0.3, 0.4) is 0 Å². The maximum atomic E-state index is 11.8. The molecule has 0 aromatic carbocycles. The molecule has 0 radical (unpaired) electrons. The van der Waals surface area contributed by atoms with Crippen molar-refractivity contribution < 1.29 is 29.0 Å². The lowest BCUT2D eigenvalue weighted by Crippen LogP contribution is -2.28. The average molecular weight is 288 g/mol. The first-order valence-electron chi connectivity index (χ1n) is 6.77. The Balaban J connectivity index is 4.29. The summed E-state index contributed by atoms with van der Waals surface area (Å²) < 4.78 is 9.84. The van der Waals surface area contributed by atoms with Crippen LogP contribution < -0.4 is 0 Å². The number of carbonyl (C=O) groups is 3. The van der Waals surface area contributed by atoms with Gasteiger partial charge in [-0.15, -0.1) is 0 Å². The molecular weight excluding hydrogens is 264 g/mol. The summed E-state index contributed by atoms with van der Waals surface area (Å²) in [6.07, 6.45) is 1.53. The number of hydrogen-bond acceptors (Lipinski definition) is 5. The molecule has 0 heterocycles. The zero-order valence-corrected chi connectivity index (χ0v) is 12.4. The fourth-order valence-corrected chi connectivity index (χ4v) is 1.45. The molecule has 0 spiro atoms. The van der Waals surface area contributed by atoms with Crippen molar-refractivity contribution in [2.75, 3.05) is 13.2 Å². The lowest BCUT2D eigenvalue weighted by atomic mass is 9.90. The Morgan fingerprint density at radius 2 is 1.95 bits per heavy atom. The molecule has 116 valence electrons. The van der Waals surface area contributed by atoms with Gasteiger partial charge in [0, 0.05) is 6.42 Å². The Morgan fingerprint density at radius 3 is 2.45 bits per heavy atom. The number of ether oxygens (including phenoxy) is 2. The fourth-order valence-electron chi connectivity index (χ4n) is 1.45. The second kappa shape index (κ2) is 9.34. The van der Waals surface area contributed by atoms with E-state index in [0.717, 1.165) is 0 Å². The van der Waals surface area contributed by atoms with Crippen molar-refractivity contribution in [2.24, 2.45) is 11.3 Å². The van der Waals surface area contributed by atoms with Gasteiger partial charge in [0.2, 0.25) is 0 Å². The quantitative estimate of drug-likeness (QED) is 0.355. The molecular formula is C14H24O6. The monoisotopic (exact) mass is 288 g/mol. The molecule has 6 nitrogen and oxygen atoms in total. The second-order valence-electron chi connectivity index (χ2n) is 5.39. The van der Waals surface area contributed by atoms with Gasteiger partial charge in [0.25, 0.3) is 6.47 Å². The highest BCUT2D eigenvalue weighted by Crippen LogP contribution is 2.22. The van der Waals surface area contributed by atoms with Crippen molar-refractivity contribution in [1.82, 2.24) is 0 Å². The van der Waals surface area contributed by atoms with Crippen molar-refractivity contribution >= 4 is 18.4 Å². The third kappa shape index (κ3) is 7.76. The van der Waals surface area contributed by atoms with Gasteiger partial charge in [-0.2, -0.15) is 0 Å². The van der Waals surface area contributed by atoms with Gasteiger partial charge in [0.1, 0.15) is 0 Å². The number of carbonyl (C=O) groups excluding carboxylic acids is 2. The van der Waals surface area contributed by atoms with E-state index >= 15 is 0 Å². The molecule has 0 aliphatic carbocycles. The average Bonchev–Trinajstić information content (AvgIpc) is 2.40. The Morgan fingerprint density at radius 1 is 1.30 bits per heavy atom. The van der Waals surface area contributed by atoms with Crippen molar-refractivity contribution in [3.63, 3.8) is 0 Å². The van der Waals surface area contributed by atoms with E-state index in [-0.39, 0.29) is 31.5 Å². The van der Waals surface area contributed by atoms with Crippen LogP contribution in [0, 0.1) is 11.3 Å². The molecule has 1 N–H and O–H groups in total. The SMILES string of the molecule is CCC(C)(C)C(=O)OCC(CCOC=O)CCC(=O)O.